The van der Waals surface area contributed by atoms with Gasteiger partial charge in [0.2, 0.25) is 0 Å². The number of piperazine rings is 1. The minimum Gasteiger partial charge on any atom is -0.311 e. The summed E-state index contributed by atoms with van der Waals surface area (Å²) in [7, 11) is 0. The number of rotatable bonds is 6. The summed E-state index contributed by atoms with van der Waals surface area (Å²) in [6.07, 6.45) is 2.52. The molecule has 4 unspecified atom stereocenters. The van der Waals surface area contributed by atoms with Gasteiger partial charge in [0.05, 0.1) is 0 Å². The maximum atomic E-state index is 3.73. The minimum absolute atomic E-state index is 0.648. The average Bonchev–Trinajstić information content (AvgIpc) is 2.53. The predicted molar refractivity (Wildman–Crippen MR) is 91.8 cm³/mol. The number of nitrogens with one attached hydrogen (secondary N) is 1. The van der Waals surface area contributed by atoms with Crippen molar-refractivity contribution in [3.63, 3.8) is 0 Å². The van der Waals surface area contributed by atoms with E-state index < -0.39 is 0 Å². The van der Waals surface area contributed by atoms with Gasteiger partial charge in [-0.3, -0.25) is 4.90 Å². The quantitative estimate of drug-likeness (QED) is 0.854. The molecule has 1 N–H and O–H groups in total. The van der Waals surface area contributed by atoms with Crippen molar-refractivity contribution in [2.24, 2.45) is 5.92 Å². The fraction of sp³-hybridized carbons (Fsp3) is 0.684. The van der Waals surface area contributed by atoms with Gasteiger partial charge in [0.15, 0.2) is 0 Å². The zero-order valence-corrected chi connectivity index (χ0v) is 14.2. The molecule has 0 amide bonds. The van der Waals surface area contributed by atoms with Crippen molar-refractivity contribution in [2.75, 3.05) is 19.6 Å². The first kappa shape index (κ1) is 16.5. The molecule has 0 spiro atoms. The third kappa shape index (κ3) is 4.55. The highest BCUT2D eigenvalue weighted by atomic mass is 15.2. The van der Waals surface area contributed by atoms with Gasteiger partial charge < -0.3 is 5.32 Å². The first-order valence-electron chi connectivity index (χ1n) is 8.64. The Kier molecular flexibility index (Phi) is 6.25. The van der Waals surface area contributed by atoms with Crippen LogP contribution < -0.4 is 5.32 Å². The zero-order valence-electron chi connectivity index (χ0n) is 14.2. The summed E-state index contributed by atoms with van der Waals surface area (Å²) in [4.78, 5) is 2.69. The summed E-state index contributed by atoms with van der Waals surface area (Å²) in [6.45, 7) is 12.9. The minimum atomic E-state index is 0.648. The van der Waals surface area contributed by atoms with Crippen molar-refractivity contribution in [1.82, 2.24) is 10.2 Å². The molecule has 2 nitrogen and oxygen atoms in total. The van der Waals surface area contributed by atoms with Crippen LogP contribution in [0.3, 0.4) is 0 Å². The molecule has 1 heterocycles. The van der Waals surface area contributed by atoms with Gasteiger partial charge in [0.25, 0.3) is 0 Å². The van der Waals surface area contributed by atoms with E-state index in [9.17, 15) is 0 Å². The summed E-state index contributed by atoms with van der Waals surface area (Å²) in [6, 6.07) is 12.2. The van der Waals surface area contributed by atoms with Gasteiger partial charge in [-0.05, 0) is 37.3 Å². The zero-order chi connectivity index (χ0) is 15.2. The number of hydrogen-bond donors (Lipinski definition) is 1. The monoisotopic (exact) mass is 288 g/mol. The van der Waals surface area contributed by atoms with Gasteiger partial charge in [-0.1, -0.05) is 57.5 Å². The lowest BCUT2D eigenvalue weighted by Crippen LogP contribution is -2.57. The largest absolute Gasteiger partial charge is 0.311 e. The maximum absolute atomic E-state index is 3.73. The van der Waals surface area contributed by atoms with E-state index in [1.807, 2.05) is 0 Å². The molecule has 1 aromatic carbocycles. The van der Waals surface area contributed by atoms with E-state index in [1.54, 1.807) is 0 Å². The fourth-order valence-corrected chi connectivity index (χ4v) is 3.23. The topological polar surface area (TPSA) is 15.3 Å². The van der Waals surface area contributed by atoms with Crippen LogP contribution in [0.5, 0.6) is 0 Å². The molecular formula is C19H32N2. The first-order chi connectivity index (χ1) is 10.1. The second kappa shape index (κ2) is 7.95. The predicted octanol–water partition coefficient (Wildman–Crippen LogP) is 3.89. The summed E-state index contributed by atoms with van der Waals surface area (Å²) in [5.41, 5.74) is 1.47. The normalized spacial score (nSPS) is 26.5. The van der Waals surface area contributed by atoms with E-state index in [0.29, 0.717) is 18.0 Å². The Morgan fingerprint density at radius 2 is 1.95 bits per heavy atom. The molecule has 2 heteroatoms. The van der Waals surface area contributed by atoms with Gasteiger partial charge in [-0.15, -0.1) is 0 Å². The molecule has 2 rings (SSSR count). The van der Waals surface area contributed by atoms with Gasteiger partial charge in [-0.25, -0.2) is 0 Å². The van der Waals surface area contributed by atoms with Crippen LogP contribution in [0.15, 0.2) is 30.3 Å². The highest BCUT2D eigenvalue weighted by molar-refractivity contribution is 5.18. The van der Waals surface area contributed by atoms with Crippen molar-refractivity contribution < 1.29 is 0 Å². The second-order valence-electron chi connectivity index (χ2n) is 6.84. The molecule has 0 bridgehead atoms. The van der Waals surface area contributed by atoms with Gasteiger partial charge in [-0.2, -0.15) is 0 Å². The molecule has 0 saturated carbocycles. The van der Waals surface area contributed by atoms with E-state index in [2.05, 4.69) is 68.2 Å². The Bertz CT molecular complexity index is 403. The summed E-state index contributed by atoms with van der Waals surface area (Å²) in [5.74, 6) is 1.42. The molecule has 0 aromatic heterocycles. The molecule has 1 aromatic rings. The van der Waals surface area contributed by atoms with Crippen LogP contribution in [0.25, 0.3) is 0 Å². The van der Waals surface area contributed by atoms with Crippen LogP contribution in [-0.4, -0.2) is 36.6 Å². The van der Waals surface area contributed by atoms with Crippen LogP contribution in [0.2, 0.25) is 0 Å². The van der Waals surface area contributed by atoms with E-state index >= 15 is 0 Å². The molecule has 1 aliphatic heterocycles. The third-order valence-electron chi connectivity index (χ3n) is 5.28. The van der Waals surface area contributed by atoms with Crippen molar-refractivity contribution in [2.45, 2.75) is 58.5 Å². The summed E-state index contributed by atoms with van der Waals surface area (Å²) >= 11 is 0. The van der Waals surface area contributed by atoms with Crippen LogP contribution >= 0.6 is 0 Å². The van der Waals surface area contributed by atoms with Crippen LogP contribution in [0, 0.1) is 5.92 Å². The van der Waals surface area contributed by atoms with Gasteiger partial charge in [0, 0.05) is 25.2 Å². The third-order valence-corrected chi connectivity index (χ3v) is 5.28. The van der Waals surface area contributed by atoms with E-state index in [4.69, 9.17) is 0 Å². The number of benzene rings is 1. The lowest BCUT2D eigenvalue weighted by Gasteiger charge is -2.41. The number of hydrogen-bond acceptors (Lipinski definition) is 2. The molecule has 0 radical (unpaired) electrons. The SMILES string of the molecule is CCC(C)C1CN(CCC(C)c2ccccc2)C(C)CN1. The fourth-order valence-electron chi connectivity index (χ4n) is 3.23. The first-order valence-corrected chi connectivity index (χ1v) is 8.64. The Hall–Kier alpha value is -0.860. The lowest BCUT2D eigenvalue weighted by molar-refractivity contribution is 0.115. The van der Waals surface area contributed by atoms with Crippen molar-refractivity contribution in [3.05, 3.63) is 35.9 Å². The highest BCUT2D eigenvalue weighted by Gasteiger charge is 2.27. The summed E-state index contributed by atoms with van der Waals surface area (Å²) in [5, 5.41) is 3.73. The standard InChI is InChI=1S/C19H32N2/c1-5-15(2)19-14-21(17(4)13-20-19)12-11-16(3)18-9-7-6-8-10-18/h6-10,15-17,19-20H,5,11-14H2,1-4H3. The second-order valence-corrected chi connectivity index (χ2v) is 6.84. The Labute approximate surface area is 130 Å². The Morgan fingerprint density at radius 1 is 1.24 bits per heavy atom. The van der Waals surface area contributed by atoms with E-state index in [0.717, 1.165) is 12.5 Å². The molecular weight excluding hydrogens is 256 g/mol. The molecule has 1 aliphatic rings. The van der Waals surface area contributed by atoms with E-state index in [1.165, 1.54) is 31.5 Å². The van der Waals surface area contributed by atoms with Crippen molar-refractivity contribution >= 4 is 0 Å². The summed E-state index contributed by atoms with van der Waals surface area (Å²) < 4.78 is 0. The Morgan fingerprint density at radius 3 is 2.62 bits per heavy atom. The molecule has 4 atom stereocenters. The Balaban J connectivity index is 1.86. The van der Waals surface area contributed by atoms with E-state index in [-0.39, 0.29) is 0 Å². The van der Waals surface area contributed by atoms with Crippen molar-refractivity contribution in [3.8, 4) is 0 Å². The molecule has 21 heavy (non-hydrogen) atoms. The maximum Gasteiger partial charge on any atom is 0.0221 e. The van der Waals surface area contributed by atoms with Crippen molar-refractivity contribution in [1.29, 1.82) is 0 Å². The van der Waals surface area contributed by atoms with Gasteiger partial charge in [0.1, 0.15) is 0 Å². The molecule has 1 saturated heterocycles. The molecule has 1 fully saturated rings. The molecule has 0 aliphatic carbocycles. The van der Waals surface area contributed by atoms with Crippen LogP contribution in [-0.2, 0) is 0 Å². The highest BCUT2D eigenvalue weighted by Crippen LogP contribution is 2.21. The average molecular weight is 288 g/mol. The smallest absolute Gasteiger partial charge is 0.0221 e. The van der Waals surface area contributed by atoms with Gasteiger partial charge >= 0.3 is 0 Å². The molecule has 118 valence electrons. The van der Waals surface area contributed by atoms with Crippen LogP contribution in [0.4, 0.5) is 0 Å². The lowest BCUT2D eigenvalue weighted by atomic mass is 9.94. The number of nitrogens with zero attached hydrogens (tertiary/aromatic N) is 1. The van der Waals surface area contributed by atoms with Crippen LogP contribution in [0.1, 0.15) is 52.0 Å².